The monoisotopic (exact) mass is 558 g/mol. The Morgan fingerprint density at radius 2 is 1.18 bits per heavy atom. The summed E-state index contributed by atoms with van der Waals surface area (Å²) in [6.07, 6.45) is 0. The summed E-state index contributed by atoms with van der Waals surface area (Å²) in [6.45, 7) is 3.45. The van der Waals surface area contributed by atoms with Gasteiger partial charge in [0.25, 0.3) is 11.1 Å². The van der Waals surface area contributed by atoms with Crippen molar-refractivity contribution in [3.8, 4) is 11.4 Å². The van der Waals surface area contributed by atoms with Crippen LogP contribution in [0, 0.1) is 0 Å². The van der Waals surface area contributed by atoms with Crippen LogP contribution in [-0.2, 0) is 9.47 Å². The van der Waals surface area contributed by atoms with Gasteiger partial charge in [0.2, 0.25) is 0 Å². The molecule has 0 atom stereocenters. The number of para-hydroxylation sites is 2. The second kappa shape index (κ2) is 11.5. The molecule has 0 bridgehead atoms. The zero-order valence-electron chi connectivity index (χ0n) is 21.7. The molecule has 204 valence electrons. The van der Waals surface area contributed by atoms with Gasteiger partial charge in [-0.15, -0.1) is 11.3 Å². The lowest BCUT2D eigenvalue weighted by Crippen LogP contribution is -2.26. The number of esters is 2. The van der Waals surface area contributed by atoms with Crippen LogP contribution in [0.5, 0.6) is 0 Å². The number of aromatic amines is 2. The third-order valence-electron chi connectivity index (χ3n) is 6.25. The lowest BCUT2D eigenvalue weighted by molar-refractivity contribution is 0.0510. The van der Waals surface area contributed by atoms with Crippen LogP contribution in [-0.4, -0.2) is 44.7 Å². The number of H-pyrrole nitrogens is 2. The lowest BCUT2D eigenvalue weighted by Gasteiger charge is -2.14. The van der Waals surface area contributed by atoms with Gasteiger partial charge in [0.05, 0.1) is 41.6 Å². The van der Waals surface area contributed by atoms with Gasteiger partial charge in [-0.2, -0.15) is 0 Å². The summed E-state index contributed by atoms with van der Waals surface area (Å²) in [5.74, 6) is -2.62. The number of ether oxygens (including phenoxy) is 2. The third-order valence-corrected chi connectivity index (χ3v) is 7.18. The number of carbonyl (C=O) groups excluding carboxylic acids is 2. The van der Waals surface area contributed by atoms with Crippen molar-refractivity contribution >= 4 is 23.3 Å². The zero-order valence-corrected chi connectivity index (χ0v) is 22.6. The second-order valence-electron chi connectivity index (χ2n) is 8.64. The lowest BCUT2D eigenvalue weighted by atomic mass is 9.89. The molecule has 0 radical (unpaired) electrons. The van der Waals surface area contributed by atoms with Gasteiger partial charge in [0, 0.05) is 4.88 Å². The second-order valence-corrected chi connectivity index (χ2v) is 9.62. The molecule has 0 amide bonds. The molecule has 0 fully saturated rings. The van der Waals surface area contributed by atoms with Crippen molar-refractivity contribution in [3.05, 3.63) is 126 Å². The standard InChI is InChI=1S/C29H26N4O6S/c1-3-38-28(36)24-22(26(34)32(30-24)18-12-7-5-8-13-18)21(20-16-11-17-40-20)23-25(29(37)39-4-2)31-33(27(23)35)19-14-9-6-10-15-19/h5-17,21,30-31H,3-4H2,1-2H3. The van der Waals surface area contributed by atoms with E-state index in [4.69, 9.17) is 9.47 Å². The van der Waals surface area contributed by atoms with E-state index in [1.807, 2.05) is 0 Å². The number of thiophene rings is 1. The van der Waals surface area contributed by atoms with Crippen LogP contribution in [0.2, 0.25) is 0 Å². The molecule has 0 unspecified atom stereocenters. The fraction of sp³-hybridized carbons (Fsp3) is 0.172. The average Bonchev–Trinajstić information content (AvgIpc) is 3.70. The zero-order chi connectivity index (χ0) is 28.2. The first kappa shape index (κ1) is 26.7. The first-order valence-electron chi connectivity index (χ1n) is 12.6. The highest BCUT2D eigenvalue weighted by Crippen LogP contribution is 2.35. The topological polar surface area (TPSA) is 128 Å². The predicted octanol–water partition coefficient (Wildman–Crippen LogP) is 4.24. The highest BCUT2D eigenvalue weighted by Gasteiger charge is 2.37. The van der Waals surface area contributed by atoms with E-state index in [9.17, 15) is 19.2 Å². The van der Waals surface area contributed by atoms with E-state index in [0.29, 0.717) is 16.3 Å². The Morgan fingerprint density at radius 3 is 1.55 bits per heavy atom. The number of carbonyl (C=O) groups is 2. The summed E-state index contributed by atoms with van der Waals surface area (Å²) >= 11 is 1.29. The molecule has 3 aromatic heterocycles. The SMILES string of the molecule is CCOC(=O)c1[nH]n(-c2ccccc2)c(=O)c1C(c1cccs1)c1c(C(=O)OCC)[nH]n(-c2ccccc2)c1=O. The fourth-order valence-electron chi connectivity index (χ4n) is 4.56. The minimum absolute atomic E-state index is 0.0217. The molecule has 10 nitrogen and oxygen atoms in total. The molecule has 0 spiro atoms. The Balaban J connectivity index is 1.85. The number of benzene rings is 2. The smallest absolute Gasteiger partial charge is 0.356 e. The Kier molecular flexibility index (Phi) is 7.65. The maximum atomic E-state index is 14.1. The van der Waals surface area contributed by atoms with Crippen molar-refractivity contribution in [1.82, 2.24) is 19.6 Å². The van der Waals surface area contributed by atoms with Crippen LogP contribution in [0.25, 0.3) is 11.4 Å². The molecule has 3 heterocycles. The maximum Gasteiger partial charge on any atom is 0.356 e. The van der Waals surface area contributed by atoms with E-state index in [1.54, 1.807) is 92.0 Å². The van der Waals surface area contributed by atoms with Gasteiger partial charge in [-0.05, 0) is 49.6 Å². The minimum Gasteiger partial charge on any atom is -0.461 e. The van der Waals surface area contributed by atoms with Gasteiger partial charge in [-0.25, -0.2) is 19.0 Å². The molecule has 5 aromatic rings. The van der Waals surface area contributed by atoms with E-state index < -0.39 is 29.0 Å². The summed E-state index contributed by atoms with van der Waals surface area (Å²) in [5, 5.41) is 7.58. The Labute approximate surface area is 232 Å². The Hall–Kier alpha value is -4.90. The predicted molar refractivity (Wildman–Crippen MR) is 150 cm³/mol. The van der Waals surface area contributed by atoms with Crippen LogP contribution < -0.4 is 11.1 Å². The van der Waals surface area contributed by atoms with E-state index >= 15 is 0 Å². The van der Waals surface area contributed by atoms with Crippen molar-refractivity contribution in [1.29, 1.82) is 0 Å². The van der Waals surface area contributed by atoms with E-state index in [0.717, 1.165) is 0 Å². The number of nitrogens with one attached hydrogen (secondary N) is 2. The van der Waals surface area contributed by atoms with E-state index in [-0.39, 0.29) is 35.7 Å². The van der Waals surface area contributed by atoms with Gasteiger partial charge in [-0.3, -0.25) is 19.8 Å². The van der Waals surface area contributed by atoms with E-state index in [1.165, 1.54) is 20.7 Å². The molecule has 0 aliphatic heterocycles. The molecule has 0 aliphatic rings. The van der Waals surface area contributed by atoms with Crippen molar-refractivity contribution in [2.75, 3.05) is 13.2 Å². The van der Waals surface area contributed by atoms with Gasteiger partial charge >= 0.3 is 11.9 Å². The molecule has 0 saturated heterocycles. The highest BCUT2D eigenvalue weighted by atomic mass is 32.1. The molecular formula is C29H26N4O6S. The van der Waals surface area contributed by atoms with Gasteiger partial charge in [0.15, 0.2) is 11.4 Å². The van der Waals surface area contributed by atoms with Crippen LogP contribution in [0.4, 0.5) is 0 Å². The van der Waals surface area contributed by atoms with Gasteiger partial charge in [0.1, 0.15) is 0 Å². The molecule has 40 heavy (non-hydrogen) atoms. The van der Waals surface area contributed by atoms with Crippen LogP contribution in [0.1, 0.15) is 56.7 Å². The molecule has 2 N–H and O–H groups in total. The quantitative estimate of drug-likeness (QED) is 0.261. The van der Waals surface area contributed by atoms with Gasteiger partial charge in [-0.1, -0.05) is 42.5 Å². The van der Waals surface area contributed by atoms with Crippen molar-refractivity contribution < 1.29 is 19.1 Å². The summed E-state index contributed by atoms with van der Waals surface area (Å²) in [4.78, 5) is 55.2. The number of hydrogen-bond donors (Lipinski definition) is 2. The Morgan fingerprint density at radius 1 is 0.725 bits per heavy atom. The highest BCUT2D eigenvalue weighted by molar-refractivity contribution is 7.10. The summed E-state index contributed by atoms with van der Waals surface area (Å²) in [7, 11) is 0. The summed E-state index contributed by atoms with van der Waals surface area (Å²) < 4.78 is 13.1. The normalized spacial score (nSPS) is 11.1. The molecule has 0 saturated carbocycles. The third kappa shape index (κ3) is 4.82. The van der Waals surface area contributed by atoms with E-state index in [2.05, 4.69) is 10.2 Å². The molecule has 0 aliphatic carbocycles. The fourth-order valence-corrected chi connectivity index (χ4v) is 5.40. The molecule has 5 rings (SSSR count). The minimum atomic E-state index is -1.10. The number of rotatable bonds is 9. The maximum absolute atomic E-state index is 14.1. The van der Waals surface area contributed by atoms with Crippen molar-refractivity contribution in [2.45, 2.75) is 19.8 Å². The first-order valence-corrected chi connectivity index (χ1v) is 13.5. The largest absolute Gasteiger partial charge is 0.461 e. The number of nitrogens with zero attached hydrogens (tertiary/aromatic N) is 2. The molecule has 2 aromatic carbocycles. The first-order chi connectivity index (χ1) is 19.5. The number of aromatic nitrogens is 4. The molecular weight excluding hydrogens is 532 g/mol. The Bertz CT molecular complexity index is 1630. The van der Waals surface area contributed by atoms with Crippen LogP contribution >= 0.6 is 11.3 Å². The van der Waals surface area contributed by atoms with Crippen molar-refractivity contribution in [3.63, 3.8) is 0 Å². The van der Waals surface area contributed by atoms with Crippen molar-refractivity contribution in [2.24, 2.45) is 0 Å². The van der Waals surface area contributed by atoms with Crippen LogP contribution in [0.15, 0.2) is 87.8 Å². The average molecular weight is 559 g/mol. The van der Waals surface area contributed by atoms with Crippen LogP contribution in [0.3, 0.4) is 0 Å². The number of hydrogen-bond acceptors (Lipinski definition) is 7. The summed E-state index contributed by atoms with van der Waals surface area (Å²) in [6, 6.07) is 21.0. The van der Waals surface area contributed by atoms with Gasteiger partial charge < -0.3 is 9.47 Å². The molecule has 11 heteroatoms. The summed E-state index contributed by atoms with van der Waals surface area (Å²) in [5.41, 5.74) is -0.431.